The highest BCUT2D eigenvalue weighted by Gasteiger charge is 2.61. The monoisotopic (exact) mass is 318 g/mol. The van der Waals surface area contributed by atoms with E-state index in [2.05, 4.69) is 0 Å². The van der Waals surface area contributed by atoms with Crippen LogP contribution in [0.4, 0.5) is 0 Å². The summed E-state index contributed by atoms with van der Waals surface area (Å²) in [6, 6.07) is 9.88. The molecule has 0 spiro atoms. The molecule has 2 saturated heterocycles. The van der Waals surface area contributed by atoms with Gasteiger partial charge in [0.2, 0.25) is 0 Å². The first kappa shape index (κ1) is 16.1. The van der Waals surface area contributed by atoms with Crippen LogP contribution in [0.1, 0.15) is 31.7 Å². The summed E-state index contributed by atoms with van der Waals surface area (Å²) in [4.78, 5) is 24.4. The van der Waals surface area contributed by atoms with Crippen molar-refractivity contribution < 1.29 is 23.8 Å². The van der Waals surface area contributed by atoms with Crippen molar-refractivity contribution >= 4 is 11.8 Å². The van der Waals surface area contributed by atoms with E-state index in [-0.39, 0.29) is 12.2 Å². The number of carbonyl (C=O) groups excluding carboxylic acids is 2. The van der Waals surface area contributed by atoms with E-state index in [4.69, 9.17) is 14.2 Å². The molecular weight excluding hydrogens is 296 g/mol. The van der Waals surface area contributed by atoms with Crippen LogP contribution in [0, 0.1) is 5.92 Å². The quantitative estimate of drug-likeness (QED) is 0.615. The first-order valence-electron chi connectivity index (χ1n) is 7.90. The number of fused-ring (bicyclic) bond motifs is 2. The van der Waals surface area contributed by atoms with E-state index >= 15 is 0 Å². The lowest BCUT2D eigenvalue weighted by Gasteiger charge is -2.41. The zero-order valence-corrected chi connectivity index (χ0v) is 13.5. The van der Waals surface area contributed by atoms with Crippen molar-refractivity contribution in [1.29, 1.82) is 0 Å². The maximum Gasteiger partial charge on any atom is 0.319 e. The van der Waals surface area contributed by atoms with E-state index in [9.17, 15) is 9.59 Å². The van der Waals surface area contributed by atoms with Crippen molar-refractivity contribution in [3.8, 4) is 0 Å². The second-order valence-corrected chi connectivity index (χ2v) is 6.68. The molecule has 2 fully saturated rings. The summed E-state index contributed by atoms with van der Waals surface area (Å²) in [7, 11) is 1.30. The number of benzene rings is 1. The molecule has 23 heavy (non-hydrogen) atoms. The molecule has 0 N–H and O–H groups in total. The number of esters is 1. The number of methoxy groups -OCH3 is 1. The third-order valence-electron chi connectivity index (χ3n) is 4.87. The van der Waals surface area contributed by atoms with Crippen molar-refractivity contribution in [2.45, 2.75) is 44.0 Å². The summed E-state index contributed by atoms with van der Waals surface area (Å²) in [5.74, 6) is -1.43. The molecule has 2 bridgehead atoms. The molecule has 3 atom stereocenters. The molecule has 0 amide bonds. The molecule has 1 aromatic rings. The van der Waals surface area contributed by atoms with Crippen LogP contribution in [0.15, 0.2) is 30.3 Å². The summed E-state index contributed by atoms with van der Waals surface area (Å²) in [6.07, 6.45) is 1.59. The Morgan fingerprint density at radius 3 is 2.74 bits per heavy atom. The third-order valence-corrected chi connectivity index (χ3v) is 4.87. The molecule has 0 aromatic heterocycles. The van der Waals surface area contributed by atoms with Crippen LogP contribution >= 0.6 is 0 Å². The van der Waals surface area contributed by atoms with E-state index in [0.717, 1.165) is 12.0 Å². The number of ether oxygens (including phenoxy) is 3. The first-order chi connectivity index (χ1) is 11.0. The van der Waals surface area contributed by atoms with Crippen LogP contribution in [-0.2, 0) is 30.4 Å². The van der Waals surface area contributed by atoms with Gasteiger partial charge in [-0.25, -0.2) is 0 Å². The van der Waals surface area contributed by atoms with Crippen molar-refractivity contribution in [1.82, 2.24) is 0 Å². The van der Waals surface area contributed by atoms with Gasteiger partial charge in [0.25, 0.3) is 0 Å². The van der Waals surface area contributed by atoms with Gasteiger partial charge in [-0.15, -0.1) is 0 Å². The number of hydrogen-bond donors (Lipinski definition) is 0. The highest BCUT2D eigenvalue weighted by Crippen LogP contribution is 2.49. The second kappa shape index (κ2) is 6.06. The van der Waals surface area contributed by atoms with Crippen molar-refractivity contribution in [3.63, 3.8) is 0 Å². The molecule has 2 aliphatic heterocycles. The van der Waals surface area contributed by atoms with Gasteiger partial charge in [-0.1, -0.05) is 30.3 Å². The molecule has 0 aliphatic carbocycles. The summed E-state index contributed by atoms with van der Waals surface area (Å²) in [6.45, 7) is 2.67. The van der Waals surface area contributed by atoms with E-state index in [1.54, 1.807) is 0 Å². The summed E-state index contributed by atoms with van der Waals surface area (Å²) < 4.78 is 16.7. The van der Waals surface area contributed by atoms with Crippen LogP contribution in [0.2, 0.25) is 0 Å². The van der Waals surface area contributed by atoms with Gasteiger partial charge in [0.15, 0.2) is 5.78 Å². The number of rotatable bonds is 5. The number of Topliss-reactive ketones (excluding diaryl/α,β-unsaturated/α-hetero) is 1. The fraction of sp³-hybridized carbons (Fsp3) is 0.556. The standard InChI is InChI=1S/C18H22O5/c1-17-8-9-18(23-17,10-14(19)15(17)16(20)21-2)12-22-11-13-6-4-3-5-7-13/h3-7,15H,8-12H2,1-2H3/t15?,17-,18+/m1/s1. The second-order valence-electron chi connectivity index (χ2n) is 6.68. The molecule has 124 valence electrons. The molecule has 0 saturated carbocycles. The van der Waals surface area contributed by atoms with Gasteiger partial charge < -0.3 is 14.2 Å². The fourth-order valence-corrected chi connectivity index (χ4v) is 3.74. The Morgan fingerprint density at radius 1 is 1.30 bits per heavy atom. The van der Waals surface area contributed by atoms with Crippen LogP contribution < -0.4 is 0 Å². The summed E-state index contributed by atoms with van der Waals surface area (Å²) >= 11 is 0. The Hall–Kier alpha value is -1.72. The van der Waals surface area contributed by atoms with Gasteiger partial charge >= 0.3 is 5.97 Å². The smallest absolute Gasteiger partial charge is 0.319 e. The highest BCUT2D eigenvalue weighted by atomic mass is 16.6. The van der Waals surface area contributed by atoms with E-state index in [0.29, 0.717) is 19.6 Å². The predicted octanol–water partition coefficient (Wildman–Crippen LogP) is 2.27. The van der Waals surface area contributed by atoms with Gasteiger partial charge in [0, 0.05) is 6.42 Å². The molecule has 3 rings (SSSR count). The Bertz CT molecular complexity index is 599. The van der Waals surface area contributed by atoms with Crippen molar-refractivity contribution in [3.05, 3.63) is 35.9 Å². The largest absolute Gasteiger partial charge is 0.468 e. The topological polar surface area (TPSA) is 61.8 Å². The summed E-state index contributed by atoms with van der Waals surface area (Å²) in [5.41, 5.74) is -0.303. The minimum Gasteiger partial charge on any atom is -0.468 e. The van der Waals surface area contributed by atoms with E-state index < -0.39 is 23.1 Å². The van der Waals surface area contributed by atoms with E-state index in [1.165, 1.54) is 7.11 Å². The first-order valence-corrected chi connectivity index (χ1v) is 7.90. The minimum absolute atomic E-state index is 0.105. The summed E-state index contributed by atoms with van der Waals surface area (Å²) in [5, 5.41) is 0. The number of hydrogen-bond acceptors (Lipinski definition) is 5. The van der Waals surface area contributed by atoms with Crippen LogP contribution in [0.25, 0.3) is 0 Å². The Labute approximate surface area is 135 Å². The highest BCUT2D eigenvalue weighted by molar-refractivity contribution is 6.01. The zero-order chi connectivity index (χ0) is 16.5. The van der Waals surface area contributed by atoms with Crippen molar-refractivity contribution in [2.24, 2.45) is 5.92 Å². The minimum atomic E-state index is -0.822. The molecule has 5 nitrogen and oxygen atoms in total. The SMILES string of the molecule is COC(=O)C1C(=O)C[C@]2(COCc3ccccc3)CC[C@@]1(C)O2. The molecule has 2 aliphatic rings. The molecule has 2 heterocycles. The normalized spacial score (nSPS) is 32.8. The predicted molar refractivity (Wildman–Crippen MR) is 82.7 cm³/mol. The molecular formula is C18H22O5. The maximum absolute atomic E-state index is 12.5. The van der Waals surface area contributed by atoms with Crippen LogP contribution in [0.5, 0.6) is 0 Å². The Kier molecular flexibility index (Phi) is 4.25. The van der Waals surface area contributed by atoms with Crippen LogP contribution in [-0.4, -0.2) is 36.7 Å². The maximum atomic E-state index is 12.5. The molecule has 5 heteroatoms. The van der Waals surface area contributed by atoms with Gasteiger partial charge in [-0.05, 0) is 25.3 Å². The molecule has 1 unspecified atom stereocenters. The van der Waals surface area contributed by atoms with E-state index in [1.807, 2.05) is 37.3 Å². The fourth-order valence-electron chi connectivity index (χ4n) is 3.74. The molecule has 0 radical (unpaired) electrons. The van der Waals surface area contributed by atoms with Crippen LogP contribution in [0.3, 0.4) is 0 Å². The van der Waals surface area contributed by atoms with Gasteiger partial charge in [-0.2, -0.15) is 0 Å². The average molecular weight is 318 g/mol. The lowest BCUT2D eigenvalue weighted by molar-refractivity contribution is -0.197. The third kappa shape index (κ3) is 3.03. The Balaban J connectivity index is 1.66. The zero-order valence-electron chi connectivity index (χ0n) is 13.5. The molecule has 1 aromatic carbocycles. The van der Waals surface area contributed by atoms with Gasteiger partial charge in [0.05, 0.1) is 31.5 Å². The van der Waals surface area contributed by atoms with Gasteiger partial charge in [-0.3, -0.25) is 9.59 Å². The number of ketones is 1. The Morgan fingerprint density at radius 2 is 2.04 bits per heavy atom. The average Bonchev–Trinajstić information content (AvgIpc) is 2.80. The lowest BCUT2D eigenvalue weighted by atomic mass is 9.82. The van der Waals surface area contributed by atoms with Gasteiger partial charge in [0.1, 0.15) is 5.92 Å². The van der Waals surface area contributed by atoms with Crippen molar-refractivity contribution in [2.75, 3.05) is 13.7 Å². The lowest BCUT2D eigenvalue weighted by Crippen LogP contribution is -2.54. The number of carbonyl (C=O) groups is 2.